The van der Waals surface area contributed by atoms with Gasteiger partial charge in [-0.15, -0.1) is 0 Å². The molecule has 0 aliphatic heterocycles. The van der Waals surface area contributed by atoms with Crippen LogP contribution in [0.5, 0.6) is 0 Å². The van der Waals surface area contributed by atoms with E-state index in [9.17, 15) is 9.59 Å². The molecule has 0 radical (unpaired) electrons. The third-order valence-electron chi connectivity index (χ3n) is 2.84. The lowest BCUT2D eigenvalue weighted by Crippen LogP contribution is -2.16. The van der Waals surface area contributed by atoms with Crippen LogP contribution in [0.3, 0.4) is 0 Å². The first-order chi connectivity index (χ1) is 9.11. The molecule has 4 heteroatoms. The lowest BCUT2D eigenvalue weighted by Gasteiger charge is -2.11. The zero-order chi connectivity index (χ0) is 14.5. The standard InChI is InChI=1S/C15H25NO3/c1-4-5-6-7-8-9-10-11-14(16-12-17)19-15(18)13(2)3/h14H,2,4-11H2,1,3H3. The Morgan fingerprint density at radius 1 is 1.21 bits per heavy atom. The highest BCUT2D eigenvalue weighted by atomic mass is 16.6. The molecule has 0 saturated heterocycles. The molecule has 0 aromatic carbocycles. The minimum atomic E-state index is -0.711. The summed E-state index contributed by atoms with van der Waals surface area (Å²) in [6.45, 7) is 7.25. The molecule has 0 aromatic heterocycles. The molecule has 0 rings (SSSR count). The zero-order valence-corrected chi connectivity index (χ0v) is 12.1. The van der Waals surface area contributed by atoms with Crippen LogP contribution in [-0.2, 0) is 14.3 Å². The second kappa shape index (κ2) is 11.7. The minimum absolute atomic E-state index is 0.311. The van der Waals surface area contributed by atoms with Crippen LogP contribution in [0, 0.1) is 0 Å². The molecule has 1 unspecified atom stereocenters. The van der Waals surface area contributed by atoms with E-state index in [4.69, 9.17) is 4.74 Å². The highest BCUT2D eigenvalue weighted by molar-refractivity contribution is 5.87. The number of carbonyl (C=O) groups excluding carboxylic acids is 2. The number of isocyanates is 1. The first-order valence-corrected chi connectivity index (χ1v) is 7.05. The van der Waals surface area contributed by atoms with E-state index >= 15 is 0 Å². The summed E-state index contributed by atoms with van der Waals surface area (Å²) < 4.78 is 5.03. The minimum Gasteiger partial charge on any atom is -0.436 e. The fourth-order valence-corrected chi connectivity index (χ4v) is 1.71. The Morgan fingerprint density at radius 3 is 2.32 bits per heavy atom. The van der Waals surface area contributed by atoms with Gasteiger partial charge in [-0.05, 0) is 13.3 Å². The quantitative estimate of drug-likeness (QED) is 0.187. The Labute approximate surface area is 115 Å². The molecule has 0 amide bonds. The van der Waals surface area contributed by atoms with Gasteiger partial charge in [-0.2, -0.15) is 4.99 Å². The van der Waals surface area contributed by atoms with Gasteiger partial charge in [-0.1, -0.05) is 52.0 Å². The van der Waals surface area contributed by atoms with Gasteiger partial charge in [0.2, 0.25) is 12.3 Å². The van der Waals surface area contributed by atoms with E-state index in [1.165, 1.54) is 38.2 Å². The fraction of sp³-hybridized carbons (Fsp3) is 0.733. The number of nitrogens with zero attached hydrogens (tertiary/aromatic N) is 1. The summed E-state index contributed by atoms with van der Waals surface area (Å²) in [6, 6.07) is 0. The predicted molar refractivity (Wildman–Crippen MR) is 75.4 cm³/mol. The molecule has 0 heterocycles. The van der Waals surface area contributed by atoms with Crippen molar-refractivity contribution < 1.29 is 14.3 Å². The Hall–Kier alpha value is -1.41. The molecular weight excluding hydrogens is 242 g/mol. The van der Waals surface area contributed by atoms with E-state index in [1.54, 1.807) is 6.92 Å². The van der Waals surface area contributed by atoms with E-state index in [0.717, 1.165) is 12.8 Å². The number of rotatable bonds is 11. The van der Waals surface area contributed by atoms with Crippen LogP contribution in [-0.4, -0.2) is 18.3 Å². The molecule has 108 valence electrons. The molecule has 0 N–H and O–H groups in total. The van der Waals surface area contributed by atoms with Crippen LogP contribution in [0.1, 0.15) is 65.2 Å². The molecule has 0 spiro atoms. The molecule has 19 heavy (non-hydrogen) atoms. The van der Waals surface area contributed by atoms with Crippen molar-refractivity contribution in [2.75, 3.05) is 0 Å². The summed E-state index contributed by atoms with van der Waals surface area (Å²) in [7, 11) is 0. The van der Waals surface area contributed by atoms with Crippen molar-refractivity contribution in [3.8, 4) is 0 Å². The Bertz CT molecular complexity index is 319. The zero-order valence-electron chi connectivity index (χ0n) is 12.1. The van der Waals surface area contributed by atoms with Crippen LogP contribution in [0.2, 0.25) is 0 Å². The second-order valence-electron chi connectivity index (χ2n) is 4.77. The first-order valence-electron chi connectivity index (χ1n) is 7.05. The number of hydrogen-bond donors (Lipinski definition) is 0. The molecule has 0 aliphatic rings. The van der Waals surface area contributed by atoms with Crippen molar-refractivity contribution >= 4 is 12.0 Å². The molecule has 0 fully saturated rings. The third-order valence-corrected chi connectivity index (χ3v) is 2.84. The van der Waals surface area contributed by atoms with Gasteiger partial charge < -0.3 is 4.74 Å². The van der Waals surface area contributed by atoms with Crippen molar-refractivity contribution in [3.63, 3.8) is 0 Å². The molecule has 0 bridgehead atoms. The second-order valence-corrected chi connectivity index (χ2v) is 4.77. The van der Waals surface area contributed by atoms with Crippen molar-refractivity contribution in [3.05, 3.63) is 12.2 Å². The van der Waals surface area contributed by atoms with Crippen molar-refractivity contribution in [2.24, 2.45) is 4.99 Å². The van der Waals surface area contributed by atoms with Crippen molar-refractivity contribution in [2.45, 2.75) is 71.4 Å². The number of unbranched alkanes of at least 4 members (excludes halogenated alkanes) is 6. The molecule has 0 aromatic rings. The summed E-state index contributed by atoms with van der Waals surface area (Å²) in [5, 5.41) is 0. The maximum atomic E-state index is 11.3. The van der Waals surface area contributed by atoms with E-state index in [1.807, 2.05) is 0 Å². The average Bonchev–Trinajstić information content (AvgIpc) is 2.37. The van der Waals surface area contributed by atoms with Crippen LogP contribution >= 0.6 is 0 Å². The van der Waals surface area contributed by atoms with Crippen LogP contribution in [0.25, 0.3) is 0 Å². The van der Waals surface area contributed by atoms with Crippen LogP contribution in [0.15, 0.2) is 17.1 Å². The Morgan fingerprint density at radius 2 is 1.79 bits per heavy atom. The molecule has 0 saturated carbocycles. The summed E-state index contributed by atoms with van der Waals surface area (Å²) in [5.41, 5.74) is 0.311. The predicted octanol–water partition coefficient (Wildman–Crippen LogP) is 3.91. The van der Waals surface area contributed by atoms with Gasteiger partial charge in [-0.3, -0.25) is 0 Å². The summed E-state index contributed by atoms with van der Waals surface area (Å²) >= 11 is 0. The lowest BCUT2D eigenvalue weighted by atomic mass is 10.1. The first kappa shape index (κ1) is 17.6. The Kier molecular flexibility index (Phi) is 10.8. The number of carbonyl (C=O) groups is 1. The summed E-state index contributed by atoms with van der Waals surface area (Å²) in [4.78, 5) is 25.1. The molecule has 4 nitrogen and oxygen atoms in total. The van der Waals surface area contributed by atoms with Crippen molar-refractivity contribution in [1.82, 2.24) is 0 Å². The number of esters is 1. The van der Waals surface area contributed by atoms with Crippen molar-refractivity contribution in [1.29, 1.82) is 0 Å². The number of aliphatic imine (C=N–C) groups is 1. The lowest BCUT2D eigenvalue weighted by molar-refractivity contribution is -0.144. The van der Waals surface area contributed by atoms with Gasteiger partial charge in [0, 0.05) is 12.0 Å². The van der Waals surface area contributed by atoms with E-state index in [2.05, 4.69) is 18.5 Å². The van der Waals surface area contributed by atoms with E-state index < -0.39 is 12.2 Å². The smallest absolute Gasteiger partial charge is 0.335 e. The maximum Gasteiger partial charge on any atom is 0.335 e. The largest absolute Gasteiger partial charge is 0.436 e. The van der Waals surface area contributed by atoms with Gasteiger partial charge in [0.05, 0.1) is 0 Å². The monoisotopic (exact) mass is 267 g/mol. The highest BCUT2D eigenvalue weighted by Crippen LogP contribution is 2.12. The van der Waals surface area contributed by atoms with E-state index in [-0.39, 0.29) is 0 Å². The van der Waals surface area contributed by atoms with Gasteiger partial charge in [-0.25, -0.2) is 9.59 Å². The van der Waals surface area contributed by atoms with Gasteiger partial charge in [0.1, 0.15) is 0 Å². The Balaban J connectivity index is 3.80. The fourth-order valence-electron chi connectivity index (χ4n) is 1.71. The number of ether oxygens (including phenoxy) is 1. The van der Waals surface area contributed by atoms with Gasteiger partial charge in [0.15, 0.2) is 0 Å². The maximum absolute atomic E-state index is 11.3. The highest BCUT2D eigenvalue weighted by Gasteiger charge is 2.13. The van der Waals surface area contributed by atoms with E-state index in [0.29, 0.717) is 12.0 Å². The summed E-state index contributed by atoms with van der Waals surface area (Å²) in [6.07, 6.45) is 9.49. The molecular formula is C15H25NO3. The molecule has 1 atom stereocenters. The summed E-state index contributed by atoms with van der Waals surface area (Å²) in [5.74, 6) is -0.507. The van der Waals surface area contributed by atoms with Crippen LogP contribution in [0.4, 0.5) is 0 Å². The number of hydrogen-bond acceptors (Lipinski definition) is 4. The SMILES string of the molecule is C=C(C)C(=O)OC(CCCCCCCCC)N=C=O. The topological polar surface area (TPSA) is 55.7 Å². The molecule has 0 aliphatic carbocycles. The average molecular weight is 267 g/mol. The van der Waals surface area contributed by atoms with Gasteiger partial charge in [0.25, 0.3) is 0 Å². The normalized spacial score (nSPS) is 11.5. The van der Waals surface area contributed by atoms with Gasteiger partial charge >= 0.3 is 5.97 Å². The van der Waals surface area contributed by atoms with Crippen LogP contribution < -0.4 is 0 Å². The third kappa shape index (κ3) is 10.2.